The third-order valence-corrected chi connectivity index (χ3v) is 4.39. The van der Waals surface area contributed by atoms with Crippen LogP contribution in [0.1, 0.15) is 36.5 Å². The van der Waals surface area contributed by atoms with Gasteiger partial charge in [0, 0.05) is 25.1 Å². The lowest BCUT2D eigenvalue weighted by Crippen LogP contribution is -2.11. The highest BCUT2D eigenvalue weighted by Gasteiger charge is 2.16. The Kier molecular flexibility index (Phi) is 4.47. The third kappa shape index (κ3) is 3.29. The topological polar surface area (TPSA) is 85.9 Å². The summed E-state index contributed by atoms with van der Waals surface area (Å²) in [5.74, 6) is 1.90. The Bertz CT molecular complexity index is 720. The number of benzene rings is 1. The summed E-state index contributed by atoms with van der Waals surface area (Å²) in [7, 11) is 0. The van der Waals surface area contributed by atoms with Gasteiger partial charge in [-0.3, -0.25) is 10.1 Å². The zero-order chi connectivity index (χ0) is 16.4. The van der Waals surface area contributed by atoms with E-state index in [1.165, 1.54) is 18.6 Å². The van der Waals surface area contributed by atoms with Crippen molar-refractivity contribution in [2.24, 2.45) is 0 Å². The molecule has 0 unspecified atom stereocenters. The van der Waals surface area contributed by atoms with E-state index in [9.17, 15) is 10.1 Å². The van der Waals surface area contributed by atoms with E-state index in [0.717, 1.165) is 43.0 Å². The highest BCUT2D eigenvalue weighted by molar-refractivity contribution is 6.33. The van der Waals surface area contributed by atoms with E-state index < -0.39 is 4.92 Å². The summed E-state index contributed by atoms with van der Waals surface area (Å²) in [6.45, 7) is 3.23. The van der Waals surface area contributed by atoms with Crippen molar-refractivity contribution < 1.29 is 4.92 Å². The normalized spacial score (nSPS) is 14.2. The molecule has 0 fully saturated rings. The molecule has 2 aromatic rings. The van der Waals surface area contributed by atoms with Crippen LogP contribution >= 0.6 is 11.6 Å². The quantitative estimate of drug-likeness (QED) is 0.682. The molecule has 0 spiro atoms. The first-order chi connectivity index (χ1) is 11.1. The molecule has 1 aliphatic rings. The summed E-state index contributed by atoms with van der Waals surface area (Å²) in [5, 5.41) is 23.0. The maximum atomic E-state index is 10.9. The SMILES string of the molecule is Cc1cc([N+](=O)[O-])cc(Cl)c1NCc1nnc2n1CCCCC2. The highest BCUT2D eigenvalue weighted by Crippen LogP contribution is 2.31. The van der Waals surface area contributed by atoms with Gasteiger partial charge in [0.25, 0.3) is 5.69 Å². The number of hydrogen-bond acceptors (Lipinski definition) is 5. The fraction of sp³-hybridized carbons (Fsp3) is 0.467. The van der Waals surface area contributed by atoms with E-state index in [4.69, 9.17) is 11.6 Å². The van der Waals surface area contributed by atoms with Crippen LogP contribution in [-0.2, 0) is 19.5 Å². The predicted octanol–water partition coefficient (Wildman–Crippen LogP) is 3.49. The van der Waals surface area contributed by atoms with Crippen LogP contribution in [0.25, 0.3) is 0 Å². The van der Waals surface area contributed by atoms with Gasteiger partial charge in [0.1, 0.15) is 5.82 Å². The lowest BCUT2D eigenvalue weighted by atomic mass is 10.1. The van der Waals surface area contributed by atoms with E-state index in [1.54, 1.807) is 6.92 Å². The molecular weight excluding hydrogens is 318 g/mol. The van der Waals surface area contributed by atoms with Crippen LogP contribution in [0.4, 0.5) is 11.4 Å². The van der Waals surface area contributed by atoms with E-state index in [1.807, 2.05) is 0 Å². The summed E-state index contributed by atoms with van der Waals surface area (Å²) in [6, 6.07) is 2.87. The standard InChI is InChI=1S/C15H18ClN5O2/c1-10-7-11(21(22)23)8-12(16)15(10)17-9-14-19-18-13-5-3-2-4-6-20(13)14/h7-8,17H,2-6,9H2,1H3. The van der Waals surface area contributed by atoms with Crippen LogP contribution < -0.4 is 5.32 Å². The van der Waals surface area contributed by atoms with E-state index in [2.05, 4.69) is 20.1 Å². The minimum Gasteiger partial charge on any atom is -0.376 e. The van der Waals surface area contributed by atoms with Crippen molar-refractivity contribution in [3.05, 3.63) is 44.5 Å². The number of rotatable bonds is 4. The molecule has 7 nitrogen and oxygen atoms in total. The smallest absolute Gasteiger partial charge is 0.271 e. The number of anilines is 1. The van der Waals surface area contributed by atoms with Gasteiger partial charge in [0.15, 0.2) is 5.82 Å². The third-order valence-electron chi connectivity index (χ3n) is 4.09. The Hall–Kier alpha value is -2.15. The number of nitrogens with one attached hydrogen (secondary N) is 1. The number of fused-ring (bicyclic) bond motifs is 1. The number of nitrogens with zero attached hydrogens (tertiary/aromatic N) is 4. The Morgan fingerprint density at radius 2 is 2.17 bits per heavy atom. The second-order valence-electron chi connectivity index (χ2n) is 5.72. The zero-order valence-corrected chi connectivity index (χ0v) is 13.6. The molecule has 0 amide bonds. The van der Waals surface area contributed by atoms with Crippen LogP contribution in [0, 0.1) is 17.0 Å². The Morgan fingerprint density at radius 3 is 2.91 bits per heavy atom. The molecule has 3 rings (SSSR count). The van der Waals surface area contributed by atoms with Gasteiger partial charge in [-0.1, -0.05) is 18.0 Å². The number of halogens is 1. The number of nitro groups is 1. The Labute approximate surface area is 138 Å². The number of hydrogen-bond donors (Lipinski definition) is 1. The first kappa shape index (κ1) is 15.7. The molecule has 1 aliphatic heterocycles. The first-order valence-corrected chi connectivity index (χ1v) is 8.03. The van der Waals surface area contributed by atoms with Crippen LogP contribution in [-0.4, -0.2) is 19.7 Å². The molecule has 1 aromatic carbocycles. The summed E-state index contributed by atoms with van der Waals surface area (Å²) in [6.07, 6.45) is 4.46. The van der Waals surface area contributed by atoms with Crippen molar-refractivity contribution in [3.63, 3.8) is 0 Å². The first-order valence-electron chi connectivity index (χ1n) is 7.65. The minimum absolute atomic E-state index is 0.00519. The van der Waals surface area contributed by atoms with Crippen molar-refractivity contribution in [2.45, 2.75) is 45.7 Å². The molecule has 0 saturated heterocycles. The average molecular weight is 336 g/mol. The number of non-ortho nitro benzene ring substituents is 1. The second kappa shape index (κ2) is 6.54. The van der Waals surface area contributed by atoms with Gasteiger partial charge in [-0.05, 0) is 25.3 Å². The maximum absolute atomic E-state index is 10.9. The average Bonchev–Trinajstić information content (AvgIpc) is 2.74. The summed E-state index contributed by atoms with van der Waals surface area (Å²) < 4.78 is 2.16. The molecule has 0 radical (unpaired) electrons. The van der Waals surface area contributed by atoms with Crippen LogP contribution in [0.2, 0.25) is 5.02 Å². The molecule has 0 atom stereocenters. The van der Waals surface area contributed by atoms with Crippen molar-refractivity contribution in [1.82, 2.24) is 14.8 Å². The van der Waals surface area contributed by atoms with Gasteiger partial charge in [-0.2, -0.15) is 0 Å². The molecule has 122 valence electrons. The fourth-order valence-electron chi connectivity index (χ4n) is 2.90. The molecule has 0 bridgehead atoms. The molecule has 0 saturated carbocycles. The van der Waals surface area contributed by atoms with Gasteiger partial charge in [-0.15, -0.1) is 10.2 Å². The molecule has 2 heterocycles. The number of nitro benzene ring substituents is 1. The van der Waals surface area contributed by atoms with Gasteiger partial charge in [0.2, 0.25) is 0 Å². The van der Waals surface area contributed by atoms with Crippen LogP contribution in [0.3, 0.4) is 0 Å². The maximum Gasteiger partial charge on any atom is 0.271 e. The van der Waals surface area contributed by atoms with Gasteiger partial charge < -0.3 is 9.88 Å². The molecule has 8 heteroatoms. The second-order valence-corrected chi connectivity index (χ2v) is 6.13. The van der Waals surface area contributed by atoms with Gasteiger partial charge in [0.05, 0.1) is 22.2 Å². The Balaban J connectivity index is 1.79. The zero-order valence-electron chi connectivity index (χ0n) is 12.9. The van der Waals surface area contributed by atoms with E-state index in [0.29, 0.717) is 17.3 Å². The lowest BCUT2D eigenvalue weighted by Gasteiger charge is -2.12. The molecule has 23 heavy (non-hydrogen) atoms. The fourth-order valence-corrected chi connectivity index (χ4v) is 3.23. The molecule has 1 N–H and O–H groups in total. The van der Waals surface area contributed by atoms with Gasteiger partial charge in [-0.25, -0.2) is 0 Å². The largest absolute Gasteiger partial charge is 0.376 e. The van der Waals surface area contributed by atoms with Crippen molar-refractivity contribution >= 4 is 23.0 Å². The van der Waals surface area contributed by atoms with Crippen molar-refractivity contribution in [3.8, 4) is 0 Å². The molecule has 0 aliphatic carbocycles. The predicted molar refractivity (Wildman–Crippen MR) is 87.7 cm³/mol. The van der Waals surface area contributed by atoms with Crippen LogP contribution in [0.15, 0.2) is 12.1 Å². The molecular formula is C15H18ClN5O2. The number of aryl methyl sites for hydroxylation is 2. The van der Waals surface area contributed by atoms with Crippen LogP contribution in [0.5, 0.6) is 0 Å². The van der Waals surface area contributed by atoms with Crippen molar-refractivity contribution in [1.29, 1.82) is 0 Å². The molecule has 1 aromatic heterocycles. The van der Waals surface area contributed by atoms with Crippen molar-refractivity contribution in [2.75, 3.05) is 5.32 Å². The summed E-state index contributed by atoms with van der Waals surface area (Å²) in [5.41, 5.74) is 1.43. The summed E-state index contributed by atoms with van der Waals surface area (Å²) >= 11 is 6.18. The minimum atomic E-state index is -0.443. The van der Waals surface area contributed by atoms with E-state index in [-0.39, 0.29) is 5.69 Å². The van der Waals surface area contributed by atoms with Gasteiger partial charge >= 0.3 is 0 Å². The van der Waals surface area contributed by atoms with E-state index >= 15 is 0 Å². The Morgan fingerprint density at radius 1 is 1.35 bits per heavy atom. The lowest BCUT2D eigenvalue weighted by molar-refractivity contribution is -0.384. The number of aromatic nitrogens is 3. The monoisotopic (exact) mass is 335 g/mol. The highest BCUT2D eigenvalue weighted by atomic mass is 35.5. The summed E-state index contributed by atoms with van der Waals surface area (Å²) in [4.78, 5) is 10.4.